The molecule has 32 heavy (non-hydrogen) atoms. The Morgan fingerprint density at radius 2 is 2.03 bits per heavy atom. The molecule has 1 aromatic carbocycles. The van der Waals surface area contributed by atoms with E-state index in [9.17, 15) is 20.2 Å². The number of allylic oxidation sites excluding steroid dienone is 3. The van der Waals surface area contributed by atoms with Crippen molar-refractivity contribution in [3.05, 3.63) is 54.6 Å². The summed E-state index contributed by atoms with van der Waals surface area (Å²) in [5, 5.41) is 43.0. The summed E-state index contributed by atoms with van der Waals surface area (Å²) < 4.78 is 5.71. The van der Waals surface area contributed by atoms with E-state index in [4.69, 9.17) is 9.84 Å². The molecule has 1 aromatic rings. The Kier molecular flexibility index (Phi) is 10.4. The van der Waals surface area contributed by atoms with Gasteiger partial charge in [-0.15, -0.1) is 0 Å². The van der Waals surface area contributed by atoms with E-state index in [1.165, 1.54) is 0 Å². The van der Waals surface area contributed by atoms with E-state index < -0.39 is 17.7 Å². The normalized spacial score (nSPS) is 24.3. The molecular formula is C25H35NO6. The van der Waals surface area contributed by atoms with Gasteiger partial charge in [0.1, 0.15) is 5.75 Å². The first-order valence-corrected chi connectivity index (χ1v) is 11.2. The second-order valence-electron chi connectivity index (χ2n) is 8.27. The van der Waals surface area contributed by atoms with E-state index in [1.807, 2.05) is 55.5 Å². The van der Waals surface area contributed by atoms with E-state index in [-0.39, 0.29) is 24.7 Å². The van der Waals surface area contributed by atoms with Crippen molar-refractivity contribution in [2.75, 3.05) is 6.61 Å². The van der Waals surface area contributed by atoms with Gasteiger partial charge in [0.15, 0.2) is 0 Å². The first kappa shape index (κ1) is 25.6. The number of hydrogen-bond donors (Lipinski definition) is 4. The molecule has 3 unspecified atom stereocenters. The lowest BCUT2D eigenvalue weighted by molar-refractivity contribution is -0.137. The lowest BCUT2D eigenvalue weighted by atomic mass is 9.87. The molecule has 0 heterocycles. The zero-order chi connectivity index (χ0) is 23.4. The number of hydrogen-bond acceptors (Lipinski definition) is 6. The average molecular weight is 446 g/mol. The molecule has 1 saturated carbocycles. The molecule has 0 amide bonds. The maximum absolute atomic E-state index is 11.0. The van der Waals surface area contributed by atoms with Crippen molar-refractivity contribution in [2.24, 2.45) is 17.0 Å². The highest BCUT2D eigenvalue weighted by atomic mass is 16.5. The molecule has 2 rings (SSSR count). The summed E-state index contributed by atoms with van der Waals surface area (Å²) in [5.41, 5.74) is -0.572. The van der Waals surface area contributed by atoms with Crippen LogP contribution in [-0.2, 0) is 4.79 Å². The van der Waals surface area contributed by atoms with Crippen molar-refractivity contribution in [1.29, 1.82) is 0 Å². The number of aliphatic hydroxyl groups excluding tert-OH is 1. The first-order valence-electron chi connectivity index (χ1n) is 11.2. The number of para-hydroxylation sites is 1. The molecule has 4 N–H and O–H groups in total. The monoisotopic (exact) mass is 445 g/mol. The second-order valence-corrected chi connectivity index (χ2v) is 8.27. The first-order chi connectivity index (χ1) is 15.4. The van der Waals surface area contributed by atoms with Gasteiger partial charge in [0.05, 0.1) is 24.0 Å². The van der Waals surface area contributed by atoms with Gasteiger partial charge in [-0.3, -0.25) is 4.79 Å². The Labute approximate surface area is 189 Å². The van der Waals surface area contributed by atoms with Crippen LogP contribution in [0.4, 0.5) is 0 Å². The number of carboxylic acid groups (broad SMARTS) is 1. The van der Waals surface area contributed by atoms with Crippen molar-refractivity contribution in [2.45, 2.75) is 63.6 Å². The average Bonchev–Trinajstić information content (AvgIpc) is 3.09. The van der Waals surface area contributed by atoms with E-state index in [2.05, 4.69) is 5.16 Å². The molecule has 4 atom stereocenters. The van der Waals surface area contributed by atoms with E-state index in [1.54, 1.807) is 6.08 Å². The van der Waals surface area contributed by atoms with Crippen LogP contribution < -0.4 is 4.74 Å². The molecule has 0 bridgehead atoms. The van der Waals surface area contributed by atoms with Crippen LogP contribution in [0.1, 0.15) is 51.9 Å². The van der Waals surface area contributed by atoms with E-state index in [0.29, 0.717) is 44.4 Å². The molecule has 0 aromatic heterocycles. The van der Waals surface area contributed by atoms with Gasteiger partial charge in [0.2, 0.25) is 0 Å². The van der Waals surface area contributed by atoms with Gasteiger partial charge >= 0.3 is 5.97 Å². The highest BCUT2D eigenvalue weighted by Crippen LogP contribution is 2.35. The Hall–Kier alpha value is -2.64. The zero-order valence-corrected chi connectivity index (χ0v) is 18.6. The minimum Gasteiger partial charge on any atom is -0.493 e. The fourth-order valence-electron chi connectivity index (χ4n) is 3.92. The molecule has 1 fully saturated rings. The van der Waals surface area contributed by atoms with Crippen molar-refractivity contribution < 1.29 is 30.1 Å². The fraction of sp³-hybridized carbons (Fsp3) is 0.520. The topological polar surface area (TPSA) is 120 Å². The molecule has 0 aliphatic heterocycles. The van der Waals surface area contributed by atoms with Gasteiger partial charge in [0, 0.05) is 31.1 Å². The number of carboxylic acids is 1. The third kappa shape index (κ3) is 8.13. The number of nitrogens with zero attached hydrogens (tertiary/aromatic N) is 1. The Morgan fingerprint density at radius 3 is 2.69 bits per heavy atom. The molecule has 0 spiro atoms. The molecular weight excluding hydrogens is 410 g/mol. The van der Waals surface area contributed by atoms with Crippen molar-refractivity contribution >= 4 is 11.7 Å². The Balaban J connectivity index is 1.97. The number of rotatable bonds is 13. The van der Waals surface area contributed by atoms with Crippen LogP contribution in [0.25, 0.3) is 0 Å². The molecule has 1 aliphatic rings. The van der Waals surface area contributed by atoms with Gasteiger partial charge in [-0.25, -0.2) is 0 Å². The van der Waals surface area contributed by atoms with Gasteiger partial charge in [0.25, 0.3) is 0 Å². The molecule has 7 heteroatoms. The van der Waals surface area contributed by atoms with Crippen LogP contribution in [0, 0.1) is 11.8 Å². The Morgan fingerprint density at radius 1 is 1.28 bits per heavy atom. The molecule has 0 radical (unpaired) electrons. The predicted octanol–water partition coefficient (Wildman–Crippen LogP) is 4.18. The summed E-state index contributed by atoms with van der Waals surface area (Å²) in [6.45, 7) is 2.25. The lowest BCUT2D eigenvalue weighted by Gasteiger charge is -2.25. The van der Waals surface area contributed by atoms with Crippen LogP contribution in [0.5, 0.6) is 5.75 Å². The number of oxime groups is 1. The number of carbonyl (C=O) groups is 1. The van der Waals surface area contributed by atoms with Crippen LogP contribution in [0.15, 0.2) is 59.8 Å². The minimum atomic E-state index is -1.07. The smallest absolute Gasteiger partial charge is 0.303 e. The maximum atomic E-state index is 11.0. The van der Waals surface area contributed by atoms with Crippen molar-refractivity contribution in [3.8, 4) is 5.75 Å². The van der Waals surface area contributed by atoms with Crippen LogP contribution in [0.2, 0.25) is 0 Å². The summed E-state index contributed by atoms with van der Waals surface area (Å²) >= 11 is 0. The molecule has 0 saturated heterocycles. The SMILES string of the molecule is CCC(O)(/C=C/C1/C(=N\O)C[C@H](O)C1C/C=C\CCCC(=O)O)CCOc1ccccc1. The predicted molar refractivity (Wildman–Crippen MR) is 123 cm³/mol. The summed E-state index contributed by atoms with van der Waals surface area (Å²) in [7, 11) is 0. The van der Waals surface area contributed by atoms with Gasteiger partial charge in [-0.1, -0.05) is 54.6 Å². The maximum Gasteiger partial charge on any atom is 0.303 e. The molecule has 176 valence electrons. The van der Waals surface area contributed by atoms with Crippen LogP contribution in [0.3, 0.4) is 0 Å². The number of aliphatic hydroxyl groups is 2. The van der Waals surface area contributed by atoms with E-state index in [0.717, 1.165) is 5.75 Å². The molecule has 7 nitrogen and oxygen atoms in total. The van der Waals surface area contributed by atoms with Crippen LogP contribution in [-0.4, -0.2) is 50.5 Å². The largest absolute Gasteiger partial charge is 0.493 e. The number of aliphatic carboxylic acids is 1. The summed E-state index contributed by atoms with van der Waals surface area (Å²) in [4.78, 5) is 10.6. The van der Waals surface area contributed by atoms with Gasteiger partial charge in [-0.05, 0) is 37.8 Å². The highest BCUT2D eigenvalue weighted by molar-refractivity contribution is 5.90. The minimum absolute atomic E-state index is 0.132. The third-order valence-corrected chi connectivity index (χ3v) is 6.00. The van der Waals surface area contributed by atoms with Crippen molar-refractivity contribution in [3.63, 3.8) is 0 Å². The quantitative estimate of drug-likeness (QED) is 0.156. The third-order valence-electron chi connectivity index (χ3n) is 6.00. The second kappa shape index (κ2) is 13.0. The summed E-state index contributed by atoms with van der Waals surface area (Å²) in [6, 6.07) is 9.43. The standard InChI is InChI=1S/C25H35NO6/c1-2-25(30,16-17-32-19-10-6-5-7-11-19)15-14-20-21(23(27)18-22(20)26-31)12-8-3-4-9-13-24(28)29/h3,5-8,10-11,14-15,20-21,23,27,30-31H,2,4,9,12-13,16-18H2,1H3,(H,28,29)/b8-3-,15-14+,26-22-/t20?,21?,23-,25?/m0/s1. The highest BCUT2D eigenvalue weighted by Gasteiger charge is 2.38. The Bertz CT molecular complexity index is 791. The summed E-state index contributed by atoms with van der Waals surface area (Å²) in [5.74, 6) is -0.517. The zero-order valence-electron chi connectivity index (χ0n) is 18.6. The van der Waals surface area contributed by atoms with Crippen LogP contribution >= 0.6 is 0 Å². The van der Waals surface area contributed by atoms with Gasteiger partial charge in [-0.2, -0.15) is 0 Å². The van der Waals surface area contributed by atoms with Crippen molar-refractivity contribution in [1.82, 2.24) is 0 Å². The lowest BCUT2D eigenvalue weighted by Crippen LogP contribution is -2.28. The summed E-state index contributed by atoms with van der Waals surface area (Å²) in [6.07, 6.45) is 9.91. The molecule has 1 aliphatic carbocycles. The number of ether oxygens (including phenoxy) is 1. The van der Waals surface area contributed by atoms with Gasteiger partial charge < -0.3 is 25.3 Å². The number of benzene rings is 1. The van der Waals surface area contributed by atoms with E-state index >= 15 is 0 Å². The number of unbranched alkanes of at least 4 members (excludes halogenated alkanes) is 1. The fourth-order valence-corrected chi connectivity index (χ4v) is 3.92.